The lowest BCUT2D eigenvalue weighted by molar-refractivity contribution is -0.134. The molecule has 0 saturated carbocycles. The van der Waals surface area contributed by atoms with Crippen LogP contribution in [0.2, 0.25) is 5.02 Å². The van der Waals surface area contributed by atoms with Crippen molar-refractivity contribution in [2.24, 2.45) is 0 Å². The Morgan fingerprint density at radius 3 is 3.04 bits per heavy atom. The van der Waals surface area contributed by atoms with Crippen LogP contribution in [0.3, 0.4) is 0 Å². The number of nitrogens with one attached hydrogen (secondary N) is 1. The summed E-state index contributed by atoms with van der Waals surface area (Å²) in [5.74, 6) is 1.36. The van der Waals surface area contributed by atoms with Crippen LogP contribution in [0.25, 0.3) is 0 Å². The number of hydrogen-bond donors (Lipinski definition) is 1. The number of amides is 1. The maximum Gasteiger partial charge on any atom is 0.226 e. The fourth-order valence-electron chi connectivity index (χ4n) is 2.99. The summed E-state index contributed by atoms with van der Waals surface area (Å²) in [5, 5.41) is 7.81. The molecule has 0 spiro atoms. The zero-order valence-electron chi connectivity index (χ0n) is 14.1. The summed E-state index contributed by atoms with van der Waals surface area (Å²) < 4.78 is 5.08. The summed E-state index contributed by atoms with van der Waals surface area (Å²) >= 11 is 6.10. The topological polar surface area (TPSA) is 71.3 Å². The van der Waals surface area contributed by atoms with E-state index in [1.54, 1.807) is 6.92 Å². The number of rotatable bonds is 5. The number of aromatic nitrogens is 2. The molecule has 0 radical (unpaired) electrons. The average molecular weight is 385 g/mol. The zero-order valence-corrected chi connectivity index (χ0v) is 15.6. The van der Waals surface area contributed by atoms with Gasteiger partial charge in [0.2, 0.25) is 11.8 Å². The molecule has 1 aliphatic heterocycles. The van der Waals surface area contributed by atoms with Gasteiger partial charge in [-0.15, -0.1) is 12.4 Å². The van der Waals surface area contributed by atoms with Crippen LogP contribution < -0.4 is 5.32 Å². The molecule has 1 aliphatic rings. The molecule has 0 aliphatic carbocycles. The number of aryl methyl sites for hydroxylation is 2. The Hall–Kier alpha value is -1.63. The Kier molecular flexibility index (Phi) is 7.23. The number of carbonyl (C=O) groups is 1. The van der Waals surface area contributed by atoms with Crippen LogP contribution in [0.15, 0.2) is 28.8 Å². The molecule has 1 saturated heterocycles. The fraction of sp³-hybridized carbons (Fsp3) is 0.471. The van der Waals surface area contributed by atoms with Crippen LogP contribution in [0.5, 0.6) is 0 Å². The normalized spacial score (nSPS) is 17.2. The molecule has 1 amide bonds. The van der Waals surface area contributed by atoms with Crippen molar-refractivity contribution >= 4 is 29.9 Å². The van der Waals surface area contributed by atoms with E-state index in [1.807, 2.05) is 29.2 Å². The second-order valence-electron chi connectivity index (χ2n) is 5.95. The van der Waals surface area contributed by atoms with Crippen LogP contribution in [0.4, 0.5) is 0 Å². The molecular weight excluding hydrogens is 363 g/mol. The fourth-order valence-corrected chi connectivity index (χ4v) is 3.19. The minimum atomic E-state index is 0. The molecule has 1 unspecified atom stereocenters. The molecule has 8 heteroatoms. The Bertz CT molecular complexity index is 707. The van der Waals surface area contributed by atoms with E-state index in [0.717, 1.165) is 18.7 Å². The van der Waals surface area contributed by atoms with Gasteiger partial charge in [0, 0.05) is 37.5 Å². The molecule has 1 aromatic carbocycles. The van der Waals surface area contributed by atoms with Crippen molar-refractivity contribution in [3.05, 3.63) is 46.6 Å². The standard InChI is InChI=1S/C17H21ClN4O2.ClH/c1-12-20-16(24-21-12)6-3-7-17(23)22-9-8-19-11-15(22)13-4-2-5-14(18)10-13;/h2,4-5,10,15,19H,3,6-9,11H2,1H3;1H. The molecule has 1 atom stereocenters. The van der Waals surface area contributed by atoms with E-state index in [2.05, 4.69) is 15.5 Å². The molecule has 2 heterocycles. The highest BCUT2D eigenvalue weighted by Crippen LogP contribution is 2.25. The molecule has 0 bridgehead atoms. The van der Waals surface area contributed by atoms with Gasteiger partial charge in [0.25, 0.3) is 0 Å². The minimum absolute atomic E-state index is 0. The Morgan fingerprint density at radius 2 is 2.32 bits per heavy atom. The highest BCUT2D eigenvalue weighted by molar-refractivity contribution is 6.30. The average Bonchev–Trinajstić information content (AvgIpc) is 3.00. The van der Waals surface area contributed by atoms with Crippen LogP contribution in [-0.4, -0.2) is 40.6 Å². The van der Waals surface area contributed by atoms with Crippen molar-refractivity contribution in [3.8, 4) is 0 Å². The van der Waals surface area contributed by atoms with Gasteiger partial charge < -0.3 is 14.7 Å². The maximum atomic E-state index is 12.7. The summed E-state index contributed by atoms with van der Waals surface area (Å²) in [5.41, 5.74) is 1.07. The van der Waals surface area contributed by atoms with E-state index in [9.17, 15) is 4.79 Å². The summed E-state index contributed by atoms with van der Waals surface area (Å²) in [6.07, 6.45) is 1.80. The van der Waals surface area contributed by atoms with Crippen molar-refractivity contribution in [1.82, 2.24) is 20.4 Å². The zero-order chi connectivity index (χ0) is 16.9. The van der Waals surface area contributed by atoms with Crippen molar-refractivity contribution < 1.29 is 9.32 Å². The minimum Gasteiger partial charge on any atom is -0.339 e. The van der Waals surface area contributed by atoms with Crippen molar-refractivity contribution in [2.75, 3.05) is 19.6 Å². The Morgan fingerprint density at radius 1 is 1.48 bits per heavy atom. The molecular formula is C17H22Cl2N4O2. The number of piperazine rings is 1. The van der Waals surface area contributed by atoms with Crippen LogP contribution >= 0.6 is 24.0 Å². The van der Waals surface area contributed by atoms with Gasteiger partial charge in [-0.1, -0.05) is 28.9 Å². The van der Waals surface area contributed by atoms with Crippen LogP contribution in [0, 0.1) is 6.92 Å². The van der Waals surface area contributed by atoms with Gasteiger partial charge in [-0.05, 0) is 31.0 Å². The monoisotopic (exact) mass is 384 g/mol. The lowest BCUT2D eigenvalue weighted by Gasteiger charge is -2.36. The number of nitrogens with zero attached hydrogens (tertiary/aromatic N) is 3. The molecule has 1 N–H and O–H groups in total. The number of halogens is 2. The van der Waals surface area contributed by atoms with Crippen molar-refractivity contribution in [1.29, 1.82) is 0 Å². The Labute approximate surface area is 158 Å². The van der Waals surface area contributed by atoms with Gasteiger partial charge in [0.1, 0.15) is 0 Å². The third-order valence-electron chi connectivity index (χ3n) is 4.15. The summed E-state index contributed by atoms with van der Waals surface area (Å²) in [6, 6.07) is 7.74. The lowest BCUT2D eigenvalue weighted by atomic mass is 10.0. The maximum absolute atomic E-state index is 12.7. The number of benzene rings is 1. The van der Waals surface area contributed by atoms with Gasteiger partial charge in [0.15, 0.2) is 5.82 Å². The third-order valence-corrected chi connectivity index (χ3v) is 4.38. The quantitative estimate of drug-likeness (QED) is 0.857. The molecule has 136 valence electrons. The molecule has 2 aromatic rings. The van der Waals surface area contributed by atoms with Crippen molar-refractivity contribution in [3.63, 3.8) is 0 Å². The van der Waals surface area contributed by atoms with Gasteiger partial charge in [-0.25, -0.2) is 0 Å². The first-order valence-electron chi connectivity index (χ1n) is 8.18. The van der Waals surface area contributed by atoms with E-state index in [1.165, 1.54) is 0 Å². The summed E-state index contributed by atoms with van der Waals surface area (Å²) in [6.45, 7) is 4.05. The first-order chi connectivity index (χ1) is 11.6. The molecule has 3 rings (SSSR count). The third kappa shape index (κ3) is 5.17. The van der Waals surface area contributed by atoms with Gasteiger partial charge in [0.05, 0.1) is 6.04 Å². The molecule has 1 fully saturated rings. The second kappa shape index (κ2) is 9.17. The molecule has 1 aromatic heterocycles. The predicted octanol–water partition coefficient (Wildman–Crippen LogP) is 2.95. The summed E-state index contributed by atoms with van der Waals surface area (Å²) in [7, 11) is 0. The lowest BCUT2D eigenvalue weighted by Crippen LogP contribution is -2.48. The van der Waals surface area contributed by atoms with E-state index in [-0.39, 0.29) is 24.4 Å². The van der Waals surface area contributed by atoms with E-state index in [4.69, 9.17) is 16.1 Å². The van der Waals surface area contributed by atoms with Gasteiger partial charge in [-0.2, -0.15) is 4.98 Å². The van der Waals surface area contributed by atoms with Gasteiger partial charge >= 0.3 is 0 Å². The van der Waals surface area contributed by atoms with E-state index >= 15 is 0 Å². The smallest absolute Gasteiger partial charge is 0.226 e. The molecule has 25 heavy (non-hydrogen) atoms. The molecule has 6 nitrogen and oxygen atoms in total. The summed E-state index contributed by atoms with van der Waals surface area (Å²) in [4.78, 5) is 18.8. The van der Waals surface area contributed by atoms with E-state index < -0.39 is 0 Å². The largest absolute Gasteiger partial charge is 0.339 e. The van der Waals surface area contributed by atoms with E-state index in [0.29, 0.717) is 42.5 Å². The van der Waals surface area contributed by atoms with Crippen LogP contribution in [-0.2, 0) is 11.2 Å². The second-order valence-corrected chi connectivity index (χ2v) is 6.39. The predicted molar refractivity (Wildman–Crippen MR) is 98.0 cm³/mol. The number of hydrogen-bond acceptors (Lipinski definition) is 5. The Balaban J connectivity index is 0.00000225. The number of carbonyl (C=O) groups excluding carboxylic acids is 1. The first-order valence-corrected chi connectivity index (χ1v) is 8.56. The highest BCUT2D eigenvalue weighted by atomic mass is 35.5. The van der Waals surface area contributed by atoms with Crippen molar-refractivity contribution in [2.45, 2.75) is 32.2 Å². The van der Waals surface area contributed by atoms with Crippen LogP contribution in [0.1, 0.15) is 36.2 Å². The SMILES string of the molecule is Cc1noc(CCCC(=O)N2CCNCC2c2cccc(Cl)c2)n1.Cl. The first kappa shape index (κ1) is 19.7. The highest BCUT2D eigenvalue weighted by Gasteiger charge is 2.27. The van der Waals surface area contributed by atoms with Gasteiger partial charge in [-0.3, -0.25) is 4.79 Å².